The maximum absolute atomic E-state index is 14.0. The van der Waals surface area contributed by atoms with Gasteiger partial charge in [-0.2, -0.15) is 5.10 Å². The summed E-state index contributed by atoms with van der Waals surface area (Å²) in [5.41, 5.74) is 7.65. The Morgan fingerprint density at radius 1 is 0.940 bits per heavy atom. The van der Waals surface area contributed by atoms with Crippen LogP contribution >= 0.6 is 0 Å². The number of ketones is 1. The van der Waals surface area contributed by atoms with Crippen molar-refractivity contribution in [3.63, 3.8) is 0 Å². The zero-order valence-electron chi connectivity index (χ0n) is 28.3. The summed E-state index contributed by atoms with van der Waals surface area (Å²) in [6.45, 7) is 3.08. The number of nitrogens with zero attached hydrogens (tertiary/aromatic N) is 6. The molecule has 0 unspecified atom stereocenters. The van der Waals surface area contributed by atoms with Crippen LogP contribution in [0.4, 0.5) is 0 Å². The number of nitrogens with one attached hydrogen (secondary N) is 1. The lowest BCUT2D eigenvalue weighted by Crippen LogP contribution is -2.44. The van der Waals surface area contributed by atoms with Gasteiger partial charge in [0.05, 0.1) is 24.1 Å². The minimum absolute atomic E-state index is 0.0939. The van der Waals surface area contributed by atoms with Crippen LogP contribution < -0.4 is 0 Å². The van der Waals surface area contributed by atoms with Crippen molar-refractivity contribution in [1.29, 1.82) is 0 Å². The fraction of sp³-hybridized carbons (Fsp3) is 0.350. The van der Waals surface area contributed by atoms with Crippen LogP contribution in [0.2, 0.25) is 0 Å². The molecule has 1 saturated heterocycles. The first-order valence-corrected chi connectivity index (χ1v) is 17.5. The Kier molecular flexibility index (Phi) is 8.80. The van der Waals surface area contributed by atoms with Gasteiger partial charge in [0.25, 0.3) is 0 Å². The first-order chi connectivity index (χ1) is 24.5. The molecule has 10 nitrogen and oxygen atoms in total. The Labute approximate surface area is 291 Å². The lowest BCUT2D eigenvalue weighted by atomic mass is 9.80. The normalized spacial score (nSPS) is 19.5. The van der Waals surface area contributed by atoms with E-state index in [-0.39, 0.29) is 11.7 Å². The number of ether oxygens (including phenoxy) is 1. The topological polar surface area (TPSA) is 117 Å². The summed E-state index contributed by atoms with van der Waals surface area (Å²) < 4.78 is 5.64. The zero-order valence-corrected chi connectivity index (χ0v) is 28.3. The average Bonchev–Trinajstić information content (AvgIpc) is 3.81. The molecular formula is C40H41N7O3. The van der Waals surface area contributed by atoms with E-state index in [2.05, 4.69) is 60.4 Å². The van der Waals surface area contributed by atoms with E-state index in [1.807, 2.05) is 47.5 Å². The second-order valence-electron chi connectivity index (χ2n) is 13.9. The Morgan fingerprint density at radius 3 is 2.52 bits per heavy atom. The van der Waals surface area contributed by atoms with Gasteiger partial charge in [-0.25, -0.2) is 9.97 Å². The van der Waals surface area contributed by atoms with Crippen molar-refractivity contribution in [2.24, 2.45) is 5.41 Å². The number of carbonyl (C=O) groups is 2. The molecule has 5 aromatic rings. The minimum Gasteiger partial charge on any atom is -0.384 e. The van der Waals surface area contributed by atoms with Crippen molar-refractivity contribution in [2.75, 3.05) is 46.4 Å². The summed E-state index contributed by atoms with van der Waals surface area (Å²) in [7, 11) is 1.65. The third-order valence-electron chi connectivity index (χ3n) is 10.5. The number of carbonyl (C=O) groups excluding carboxylic acids is 2. The van der Waals surface area contributed by atoms with Crippen LogP contribution in [0.3, 0.4) is 0 Å². The van der Waals surface area contributed by atoms with Crippen molar-refractivity contribution < 1.29 is 14.3 Å². The van der Waals surface area contributed by atoms with E-state index in [1.54, 1.807) is 19.5 Å². The van der Waals surface area contributed by atoms with Gasteiger partial charge < -0.3 is 9.64 Å². The molecule has 0 bridgehead atoms. The summed E-state index contributed by atoms with van der Waals surface area (Å²) >= 11 is 0. The Balaban J connectivity index is 0.899. The number of hydrogen-bond acceptors (Lipinski definition) is 8. The number of rotatable bonds is 11. The van der Waals surface area contributed by atoms with E-state index < -0.39 is 5.41 Å². The third-order valence-corrected chi connectivity index (χ3v) is 10.5. The van der Waals surface area contributed by atoms with Gasteiger partial charge in [-0.3, -0.25) is 24.6 Å². The molecule has 2 aromatic carbocycles. The van der Waals surface area contributed by atoms with Crippen molar-refractivity contribution in [2.45, 2.75) is 38.0 Å². The molecule has 10 heteroatoms. The molecule has 0 spiro atoms. The lowest BCUT2D eigenvalue weighted by molar-refractivity contribution is -0.134. The van der Waals surface area contributed by atoms with Crippen molar-refractivity contribution >= 4 is 28.2 Å². The summed E-state index contributed by atoms with van der Waals surface area (Å²) in [5.74, 6) is 1.51. The first-order valence-electron chi connectivity index (χ1n) is 17.5. The van der Waals surface area contributed by atoms with Crippen molar-refractivity contribution in [3.8, 4) is 22.6 Å². The number of pyridine rings is 1. The Hall–Kier alpha value is -5.06. The van der Waals surface area contributed by atoms with E-state index in [0.717, 1.165) is 51.0 Å². The lowest BCUT2D eigenvalue weighted by Gasteiger charge is -2.30. The first kappa shape index (κ1) is 32.2. The van der Waals surface area contributed by atoms with Crippen LogP contribution in [0.5, 0.6) is 0 Å². The quantitative estimate of drug-likeness (QED) is 0.190. The molecule has 1 atom stereocenters. The Bertz CT molecular complexity index is 2050. The van der Waals surface area contributed by atoms with Crippen LogP contribution in [-0.2, 0) is 20.7 Å². The highest BCUT2D eigenvalue weighted by atomic mass is 16.5. The number of Topliss-reactive ketones (excluding diaryl/α,β-unsaturated/α-hetero) is 1. The number of likely N-dealkylation sites (tertiary alicyclic amines) is 1. The van der Waals surface area contributed by atoms with Crippen LogP contribution in [0.15, 0.2) is 85.3 Å². The fourth-order valence-electron chi connectivity index (χ4n) is 7.49. The molecule has 2 aliphatic heterocycles. The minimum atomic E-state index is -0.653. The maximum Gasteiger partial charge on any atom is 0.237 e. The third kappa shape index (κ3) is 6.60. The molecule has 1 saturated carbocycles. The molecule has 1 aliphatic carbocycles. The standard InChI is InChI=1S/C40H41N7O3/c1-50-26-40(36(48)22-27-3-10-34-33(21-27)38(45-44-34)32-11-17-41-35(23-32)30-6-7-30)14-20-46(25-40)24-37(49)47-18-12-29(13-19-47)28-4-8-31(9-5-28)39-42-15-2-16-43-39/h2-5,8-12,15-17,21,23,30H,6-7,13-14,18-20,22,24-26H2,1H3,(H,44,45)/t40-/m1/s1. The van der Waals surface area contributed by atoms with Crippen molar-refractivity contribution in [1.82, 2.24) is 34.9 Å². The van der Waals surface area contributed by atoms with E-state index in [0.29, 0.717) is 63.9 Å². The predicted molar refractivity (Wildman–Crippen MR) is 192 cm³/mol. The summed E-state index contributed by atoms with van der Waals surface area (Å²) in [6, 6.07) is 20.3. The molecule has 3 aliphatic rings. The van der Waals surface area contributed by atoms with E-state index in [1.165, 1.54) is 18.4 Å². The highest BCUT2D eigenvalue weighted by molar-refractivity contribution is 5.95. The molecule has 5 heterocycles. The molecule has 3 aromatic heterocycles. The molecule has 50 heavy (non-hydrogen) atoms. The van der Waals surface area contributed by atoms with Gasteiger partial charge in [-0.1, -0.05) is 36.4 Å². The molecule has 1 N–H and O–H groups in total. The second-order valence-corrected chi connectivity index (χ2v) is 13.9. The number of aromatic nitrogens is 5. The average molecular weight is 668 g/mol. The number of H-pyrrole nitrogens is 1. The van der Waals surface area contributed by atoms with Gasteiger partial charge in [-0.05, 0) is 79.3 Å². The zero-order chi connectivity index (χ0) is 34.1. The van der Waals surface area contributed by atoms with Gasteiger partial charge in [0.1, 0.15) is 11.5 Å². The molecule has 8 rings (SSSR count). The Morgan fingerprint density at radius 2 is 1.76 bits per heavy atom. The van der Waals surface area contributed by atoms with Gasteiger partial charge in [-0.15, -0.1) is 0 Å². The smallest absolute Gasteiger partial charge is 0.237 e. The summed E-state index contributed by atoms with van der Waals surface area (Å²) in [5, 5.41) is 8.79. The number of amides is 1. The summed E-state index contributed by atoms with van der Waals surface area (Å²) in [4.78, 5) is 44.8. The monoisotopic (exact) mass is 667 g/mol. The SMILES string of the molecule is COC[C@@]1(C(=O)Cc2ccc3[nH]nc(-c4ccnc(C5CC5)c4)c3c2)CCN(CC(=O)N2CC=C(c3ccc(-c4ncccn4)cc3)CC2)C1. The number of benzene rings is 2. The van der Waals surface area contributed by atoms with E-state index in [4.69, 9.17) is 4.74 Å². The van der Waals surface area contributed by atoms with E-state index in [9.17, 15) is 9.59 Å². The van der Waals surface area contributed by atoms with E-state index >= 15 is 0 Å². The predicted octanol–water partition coefficient (Wildman–Crippen LogP) is 5.73. The fourth-order valence-corrected chi connectivity index (χ4v) is 7.49. The highest BCUT2D eigenvalue weighted by Crippen LogP contribution is 2.40. The maximum atomic E-state index is 14.0. The highest BCUT2D eigenvalue weighted by Gasteiger charge is 2.44. The number of hydrogen-bond donors (Lipinski definition) is 1. The number of fused-ring (bicyclic) bond motifs is 1. The molecule has 0 radical (unpaired) electrons. The molecular weight excluding hydrogens is 626 g/mol. The van der Waals surface area contributed by atoms with Crippen LogP contribution in [0.25, 0.3) is 39.1 Å². The number of aromatic amines is 1. The molecule has 2 fully saturated rings. The van der Waals surface area contributed by atoms with Crippen LogP contribution in [-0.4, -0.2) is 93.1 Å². The summed E-state index contributed by atoms with van der Waals surface area (Å²) in [6.07, 6.45) is 11.7. The molecule has 1 amide bonds. The van der Waals surface area contributed by atoms with Crippen LogP contribution in [0.1, 0.15) is 48.4 Å². The van der Waals surface area contributed by atoms with Gasteiger partial charge in [0.2, 0.25) is 5.91 Å². The number of methoxy groups -OCH3 is 1. The van der Waals surface area contributed by atoms with Crippen LogP contribution in [0, 0.1) is 5.41 Å². The second kappa shape index (κ2) is 13.7. The van der Waals surface area contributed by atoms with Gasteiger partial charge in [0.15, 0.2) is 5.82 Å². The largest absolute Gasteiger partial charge is 0.384 e. The van der Waals surface area contributed by atoms with Gasteiger partial charge in [0, 0.05) is 79.9 Å². The molecule has 254 valence electrons. The van der Waals surface area contributed by atoms with Crippen molar-refractivity contribution in [3.05, 3.63) is 102 Å². The van der Waals surface area contributed by atoms with Gasteiger partial charge >= 0.3 is 0 Å².